The number of carbonyl (C=O) groups excluding carboxylic acids is 1. The molecule has 1 atom stereocenters. The maximum atomic E-state index is 12.8. The largest absolute Gasteiger partial charge is 0.497 e. The van der Waals surface area contributed by atoms with Crippen LogP contribution in [0.2, 0.25) is 0 Å². The van der Waals surface area contributed by atoms with Crippen molar-refractivity contribution in [3.8, 4) is 11.8 Å². The van der Waals surface area contributed by atoms with Crippen LogP contribution in [0.5, 0.6) is 5.75 Å². The molecule has 0 radical (unpaired) electrons. The lowest BCUT2D eigenvalue weighted by Crippen LogP contribution is -2.53. The second-order valence-electron chi connectivity index (χ2n) is 7.64. The van der Waals surface area contributed by atoms with Crippen LogP contribution in [-0.4, -0.2) is 54.0 Å². The van der Waals surface area contributed by atoms with Gasteiger partial charge in [-0.1, -0.05) is 29.4 Å². The van der Waals surface area contributed by atoms with E-state index in [1.54, 1.807) is 68.7 Å². The second-order valence-corrected chi connectivity index (χ2v) is 7.64. The molecule has 0 fully saturated rings. The molecule has 9 heteroatoms. The van der Waals surface area contributed by atoms with Crippen molar-refractivity contribution < 1.29 is 19.5 Å². The van der Waals surface area contributed by atoms with Gasteiger partial charge in [0, 0.05) is 26.8 Å². The fraction of sp³-hybridized carbons (Fsp3) is 0.240. The maximum Gasteiger partial charge on any atom is 0.254 e. The Balaban J connectivity index is 0.00000408. The molecule has 1 N–H and O–H groups in total. The van der Waals surface area contributed by atoms with Crippen LogP contribution in [0, 0.1) is 11.3 Å². The summed E-state index contributed by atoms with van der Waals surface area (Å²) in [5.41, 5.74) is 0.575. The van der Waals surface area contributed by atoms with Crippen molar-refractivity contribution in [1.82, 2.24) is 9.80 Å². The Labute approximate surface area is 205 Å². The molecule has 1 unspecified atom stereocenters. The van der Waals surface area contributed by atoms with Gasteiger partial charge in [-0.2, -0.15) is 5.26 Å². The number of carbonyl (C=O) groups is 1. The molecule has 0 saturated carbocycles. The number of rotatable bonds is 8. The predicted octanol–water partition coefficient (Wildman–Crippen LogP) is 3.22. The molecule has 0 bridgehead atoms. The number of hydrogen-bond donors (Lipinski definition) is 1. The zero-order valence-corrected chi connectivity index (χ0v) is 20.0. The summed E-state index contributed by atoms with van der Waals surface area (Å²) in [5, 5.41) is 24.6. The van der Waals surface area contributed by atoms with Gasteiger partial charge in [-0.15, -0.1) is 12.4 Å². The van der Waals surface area contributed by atoms with Gasteiger partial charge in [0.25, 0.3) is 5.91 Å². The van der Waals surface area contributed by atoms with Crippen molar-refractivity contribution in [2.24, 2.45) is 5.16 Å². The average Bonchev–Trinajstić information content (AvgIpc) is 2.83. The summed E-state index contributed by atoms with van der Waals surface area (Å²) in [6.45, 7) is 0.462. The zero-order valence-electron chi connectivity index (χ0n) is 19.2. The van der Waals surface area contributed by atoms with Crippen LogP contribution < -0.4 is 4.74 Å². The standard InChI is InChI=1S/C25H26N4O4.ClH/c1-28(2)24(30)23-5-4-14-29(16-20-8-6-19(15-26)7-9-20)25(23,31)18-27-33-17-21-10-12-22(32-3)13-11-21;/h4-14,18,31H,16-17H2,1-3H3;1H. The van der Waals surface area contributed by atoms with Crippen molar-refractivity contribution in [2.75, 3.05) is 21.2 Å². The fourth-order valence-electron chi connectivity index (χ4n) is 3.25. The molecule has 3 rings (SSSR count). The molecule has 2 aromatic carbocycles. The van der Waals surface area contributed by atoms with Crippen molar-refractivity contribution in [3.63, 3.8) is 0 Å². The highest BCUT2D eigenvalue weighted by Crippen LogP contribution is 2.28. The normalized spacial score (nSPS) is 16.9. The Kier molecular flexibility index (Phi) is 9.25. The van der Waals surface area contributed by atoms with E-state index >= 15 is 0 Å². The van der Waals surface area contributed by atoms with E-state index in [0.717, 1.165) is 16.9 Å². The number of halogens is 1. The predicted molar refractivity (Wildman–Crippen MR) is 131 cm³/mol. The molecule has 1 aliphatic heterocycles. The Morgan fingerprint density at radius 1 is 1.18 bits per heavy atom. The molecule has 0 spiro atoms. The van der Waals surface area contributed by atoms with Gasteiger partial charge < -0.3 is 24.5 Å². The minimum absolute atomic E-state index is 0. The highest BCUT2D eigenvalue weighted by molar-refractivity contribution is 6.00. The molecular weight excluding hydrogens is 456 g/mol. The van der Waals surface area contributed by atoms with Gasteiger partial charge in [0.15, 0.2) is 0 Å². The number of ether oxygens (including phenoxy) is 1. The van der Waals surface area contributed by atoms with E-state index in [1.165, 1.54) is 11.1 Å². The van der Waals surface area contributed by atoms with Crippen LogP contribution in [0.15, 0.2) is 77.6 Å². The summed E-state index contributed by atoms with van der Waals surface area (Å²) in [6, 6.07) is 16.4. The van der Waals surface area contributed by atoms with Gasteiger partial charge in [0.2, 0.25) is 5.72 Å². The number of allylic oxidation sites excluding steroid dienone is 2. The lowest BCUT2D eigenvalue weighted by molar-refractivity contribution is -0.128. The smallest absolute Gasteiger partial charge is 0.254 e. The maximum absolute atomic E-state index is 12.8. The Bertz CT molecular complexity index is 1110. The van der Waals surface area contributed by atoms with Gasteiger partial charge in [-0.3, -0.25) is 4.79 Å². The summed E-state index contributed by atoms with van der Waals surface area (Å²) >= 11 is 0. The molecule has 8 nitrogen and oxygen atoms in total. The molecule has 0 aliphatic carbocycles. The Hall–Kier alpha value is -3.80. The first-order chi connectivity index (χ1) is 15.9. The Morgan fingerprint density at radius 2 is 1.82 bits per heavy atom. The number of nitriles is 1. The van der Waals surface area contributed by atoms with Crippen molar-refractivity contribution >= 4 is 24.5 Å². The highest BCUT2D eigenvalue weighted by Gasteiger charge is 2.41. The molecule has 2 aromatic rings. The number of amides is 1. The number of aliphatic hydroxyl groups is 1. The van der Waals surface area contributed by atoms with E-state index in [9.17, 15) is 9.90 Å². The van der Waals surface area contributed by atoms with Crippen molar-refractivity contribution in [3.05, 3.63) is 89.1 Å². The number of hydrogen-bond acceptors (Lipinski definition) is 7. The third kappa shape index (κ3) is 6.16. The molecule has 34 heavy (non-hydrogen) atoms. The average molecular weight is 483 g/mol. The van der Waals surface area contributed by atoms with Gasteiger partial charge >= 0.3 is 0 Å². The van der Waals surface area contributed by atoms with E-state index < -0.39 is 5.72 Å². The second kappa shape index (κ2) is 11.9. The third-order valence-corrected chi connectivity index (χ3v) is 5.13. The van der Waals surface area contributed by atoms with Crippen LogP contribution in [0.1, 0.15) is 16.7 Å². The number of benzene rings is 2. The minimum atomic E-state index is -1.83. The van der Waals surface area contributed by atoms with Gasteiger partial charge in [0.05, 0.1) is 24.3 Å². The number of nitrogens with zero attached hydrogens (tertiary/aromatic N) is 4. The van der Waals surface area contributed by atoms with E-state index in [1.807, 2.05) is 24.3 Å². The quantitative estimate of drug-likeness (QED) is 0.458. The van der Waals surface area contributed by atoms with Gasteiger partial charge in [0.1, 0.15) is 18.6 Å². The van der Waals surface area contributed by atoms with E-state index in [4.69, 9.17) is 14.8 Å². The molecular formula is C25H27ClN4O4. The molecule has 1 aliphatic rings. The molecule has 1 amide bonds. The fourth-order valence-corrected chi connectivity index (χ4v) is 3.25. The summed E-state index contributed by atoms with van der Waals surface area (Å²) in [4.78, 5) is 21.2. The highest BCUT2D eigenvalue weighted by atomic mass is 35.5. The van der Waals surface area contributed by atoms with Crippen LogP contribution in [0.25, 0.3) is 0 Å². The summed E-state index contributed by atoms with van der Waals surface area (Å²) in [6.07, 6.45) is 6.16. The van der Waals surface area contributed by atoms with Crippen LogP contribution in [0.4, 0.5) is 0 Å². The van der Waals surface area contributed by atoms with Gasteiger partial charge in [-0.25, -0.2) is 0 Å². The monoisotopic (exact) mass is 482 g/mol. The van der Waals surface area contributed by atoms with Crippen LogP contribution in [-0.2, 0) is 22.8 Å². The minimum Gasteiger partial charge on any atom is -0.497 e. The van der Waals surface area contributed by atoms with E-state index in [2.05, 4.69) is 11.2 Å². The van der Waals surface area contributed by atoms with Crippen LogP contribution >= 0.6 is 12.4 Å². The SMILES string of the molecule is COc1ccc(CON=CC2(O)C(C(=O)N(C)C)=CC=CN2Cc2ccc(C#N)cc2)cc1.Cl. The molecule has 178 valence electrons. The molecule has 0 aromatic heterocycles. The van der Waals surface area contributed by atoms with E-state index in [0.29, 0.717) is 5.56 Å². The number of methoxy groups -OCH3 is 1. The first kappa shape index (κ1) is 26.5. The summed E-state index contributed by atoms with van der Waals surface area (Å²) < 4.78 is 5.14. The third-order valence-electron chi connectivity index (χ3n) is 5.13. The summed E-state index contributed by atoms with van der Waals surface area (Å²) in [7, 11) is 4.83. The van der Waals surface area contributed by atoms with Crippen molar-refractivity contribution in [1.29, 1.82) is 5.26 Å². The molecule has 1 heterocycles. The van der Waals surface area contributed by atoms with Gasteiger partial charge in [-0.05, 0) is 47.5 Å². The zero-order chi connectivity index (χ0) is 23.8. The van der Waals surface area contributed by atoms with Crippen molar-refractivity contribution in [2.45, 2.75) is 18.9 Å². The number of likely N-dealkylation sites (N-methyl/N-ethyl adjacent to an activating group) is 1. The Morgan fingerprint density at radius 3 is 2.41 bits per heavy atom. The van der Waals surface area contributed by atoms with E-state index in [-0.39, 0.29) is 37.0 Å². The number of oxime groups is 1. The molecule has 0 saturated heterocycles. The first-order valence-corrected chi connectivity index (χ1v) is 10.3. The van der Waals surface area contributed by atoms with Crippen LogP contribution in [0.3, 0.4) is 0 Å². The summed E-state index contributed by atoms with van der Waals surface area (Å²) in [5.74, 6) is 0.384. The first-order valence-electron chi connectivity index (χ1n) is 10.3. The lowest BCUT2D eigenvalue weighted by atomic mass is 9.97. The topological polar surface area (TPSA) is 98.4 Å². The lowest BCUT2D eigenvalue weighted by Gasteiger charge is -2.39.